The van der Waals surface area contributed by atoms with Crippen LogP contribution in [0.4, 0.5) is 0 Å². The molecular weight excluding hydrogens is 184 g/mol. The number of allylic oxidation sites excluding steroid dienone is 5. The molecule has 1 aromatic rings. The number of nitrogens with zero attached hydrogens (tertiary/aromatic N) is 1. The number of H-pyrrole nitrogens is 1. The topological polar surface area (TPSA) is 28.7 Å². The van der Waals surface area contributed by atoms with Crippen LogP contribution in [0.3, 0.4) is 0 Å². The van der Waals surface area contributed by atoms with Gasteiger partial charge in [0.1, 0.15) is 0 Å². The number of hydrogen-bond acceptors (Lipinski definition) is 1. The van der Waals surface area contributed by atoms with Gasteiger partial charge < -0.3 is 4.98 Å². The second-order valence-electron chi connectivity index (χ2n) is 3.86. The molecule has 0 saturated heterocycles. The van der Waals surface area contributed by atoms with Gasteiger partial charge in [-0.15, -0.1) is 0 Å². The zero-order valence-corrected chi connectivity index (χ0v) is 9.62. The Morgan fingerprint density at radius 1 is 1.47 bits per heavy atom. The van der Waals surface area contributed by atoms with E-state index in [0.29, 0.717) is 5.92 Å². The number of rotatable bonds is 4. The molecule has 1 aromatic heterocycles. The Balaban J connectivity index is 2.99. The third-order valence-corrected chi connectivity index (χ3v) is 2.28. The summed E-state index contributed by atoms with van der Waals surface area (Å²) in [5, 5.41) is 0. The number of nitrogens with one attached hydrogen (secondary N) is 1. The highest BCUT2D eigenvalue weighted by molar-refractivity contribution is 5.65. The van der Waals surface area contributed by atoms with Crippen molar-refractivity contribution in [3.8, 4) is 0 Å². The molecule has 1 rings (SSSR count). The maximum Gasteiger partial charge on any atom is 0.0924 e. The Morgan fingerprint density at radius 3 is 2.67 bits per heavy atom. The van der Waals surface area contributed by atoms with Crippen LogP contribution < -0.4 is 0 Å². The van der Waals surface area contributed by atoms with E-state index in [-0.39, 0.29) is 0 Å². The summed E-state index contributed by atoms with van der Waals surface area (Å²) >= 11 is 0. The van der Waals surface area contributed by atoms with Crippen LogP contribution in [0.15, 0.2) is 42.9 Å². The SMILES string of the molecule is C=C/C(C)=C\C=C(\c1cnc[nH]1)C(C)C. The maximum absolute atomic E-state index is 4.04. The molecular formula is C13H18N2. The van der Waals surface area contributed by atoms with Crippen molar-refractivity contribution in [1.29, 1.82) is 0 Å². The van der Waals surface area contributed by atoms with Crippen molar-refractivity contribution in [2.75, 3.05) is 0 Å². The first kappa shape index (κ1) is 11.5. The van der Waals surface area contributed by atoms with Crippen molar-refractivity contribution in [3.63, 3.8) is 0 Å². The summed E-state index contributed by atoms with van der Waals surface area (Å²) in [5.41, 5.74) is 3.50. The standard InChI is InChI=1S/C13H18N2/c1-5-11(4)6-7-12(10(2)3)13-8-14-9-15-13/h5-10H,1H2,2-4H3,(H,14,15)/b11-6-,12-7+. The van der Waals surface area contributed by atoms with Gasteiger partial charge in [0.25, 0.3) is 0 Å². The molecule has 0 aromatic carbocycles. The third-order valence-electron chi connectivity index (χ3n) is 2.28. The van der Waals surface area contributed by atoms with Crippen molar-refractivity contribution in [3.05, 3.63) is 48.6 Å². The molecule has 0 bridgehead atoms. The predicted molar refractivity (Wildman–Crippen MR) is 65.4 cm³/mol. The summed E-state index contributed by atoms with van der Waals surface area (Å²) in [4.78, 5) is 7.16. The molecule has 0 spiro atoms. The van der Waals surface area contributed by atoms with E-state index in [9.17, 15) is 0 Å². The summed E-state index contributed by atoms with van der Waals surface area (Å²) < 4.78 is 0. The average Bonchev–Trinajstić information content (AvgIpc) is 2.70. The van der Waals surface area contributed by atoms with Crippen LogP contribution in [0.5, 0.6) is 0 Å². The maximum atomic E-state index is 4.04. The van der Waals surface area contributed by atoms with Gasteiger partial charge in [-0.1, -0.05) is 44.2 Å². The van der Waals surface area contributed by atoms with Gasteiger partial charge in [-0.05, 0) is 18.4 Å². The predicted octanol–water partition coefficient (Wildman–Crippen LogP) is 3.58. The van der Waals surface area contributed by atoms with Crippen molar-refractivity contribution < 1.29 is 0 Å². The van der Waals surface area contributed by atoms with Crippen LogP contribution in [-0.2, 0) is 0 Å². The molecule has 0 fully saturated rings. The van der Waals surface area contributed by atoms with E-state index in [1.807, 2.05) is 19.2 Å². The lowest BCUT2D eigenvalue weighted by atomic mass is 9.99. The fourth-order valence-electron chi connectivity index (χ4n) is 1.30. The van der Waals surface area contributed by atoms with Crippen molar-refractivity contribution >= 4 is 5.57 Å². The molecule has 2 heteroatoms. The second kappa shape index (κ2) is 5.35. The van der Waals surface area contributed by atoms with E-state index in [2.05, 4.69) is 42.5 Å². The van der Waals surface area contributed by atoms with E-state index in [0.717, 1.165) is 11.3 Å². The third kappa shape index (κ3) is 3.24. The lowest BCUT2D eigenvalue weighted by Crippen LogP contribution is -1.93. The highest BCUT2D eigenvalue weighted by atomic mass is 14.9. The van der Waals surface area contributed by atoms with Gasteiger partial charge in [0.2, 0.25) is 0 Å². The molecule has 0 radical (unpaired) electrons. The first-order chi connectivity index (χ1) is 7.15. The molecule has 0 amide bonds. The second-order valence-corrected chi connectivity index (χ2v) is 3.86. The van der Waals surface area contributed by atoms with E-state index in [1.54, 1.807) is 6.33 Å². The van der Waals surface area contributed by atoms with Crippen LogP contribution in [-0.4, -0.2) is 9.97 Å². The highest BCUT2D eigenvalue weighted by Gasteiger charge is 2.06. The zero-order chi connectivity index (χ0) is 11.3. The van der Waals surface area contributed by atoms with Crippen LogP contribution in [0.2, 0.25) is 0 Å². The van der Waals surface area contributed by atoms with Gasteiger partial charge in [-0.2, -0.15) is 0 Å². The summed E-state index contributed by atoms with van der Waals surface area (Å²) in [6, 6.07) is 0. The molecule has 0 aliphatic carbocycles. The lowest BCUT2D eigenvalue weighted by Gasteiger charge is -2.07. The van der Waals surface area contributed by atoms with Gasteiger partial charge >= 0.3 is 0 Å². The molecule has 0 aliphatic rings. The fraction of sp³-hybridized carbons (Fsp3) is 0.308. The minimum Gasteiger partial charge on any atom is -0.345 e. The van der Waals surface area contributed by atoms with E-state index >= 15 is 0 Å². The zero-order valence-electron chi connectivity index (χ0n) is 9.62. The molecule has 0 atom stereocenters. The van der Waals surface area contributed by atoms with Gasteiger partial charge in [0.15, 0.2) is 0 Å². The van der Waals surface area contributed by atoms with Crippen LogP contribution in [0.25, 0.3) is 5.57 Å². The fourth-order valence-corrected chi connectivity index (χ4v) is 1.30. The molecule has 15 heavy (non-hydrogen) atoms. The van der Waals surface area contributed by atoms with E-state index in [1.165, 1.54) is 5.57 Å². The first-order valence-electron chi connectivity index (χ1n) is 5.14. The number of hydrogen-bond donors (Lipinski definition) is 1. The Labute approximate surface area is 91.4 Å². The summed E-state index contributed by atoms with van der Waals surface area (Å²) in [5.74, 6) is 0.472. The van der Waals surface area contributed by atoms with Crippen LogP contribution >= 0.6 is 0 Å². The first-order valence-corrected chi connectivity index (χ1v) is 5.14. The van der Waals surface area contributed by atoms with E-state index in [4.69, 9.17) is 0 Å². The van der Waals surface area contributed by atoms with Crippen molar-refractivity contribution in [1.82, 2.24) is 9.97 Å². The Hall–Kier alpha value is -1.57. The van der Waals surface area contributed by atoms with Gasteiger partial charge in [-0.25, -0.2) is 4.98 Å². The quantitative estimate of drug-likeness (QED) is 0.743. The minimum atomic E-state index is 0.472. The largest absolute Gasteiger partial charge is 0.345 e. The molecule has 1 heterocycles. The van der Waals surface area contributed by atoms with Crippen molar-refractivity contribution in [2.45, 2.75) is 20.8 Å². The van der Waals surface area contributed by atoms with Gasteiger partial charge in [0.05, 0.1) is 18.2 Å². The van der Waals surface area contributed by atoms with Crippen LogP contribution in [0.1, 0.15) is 26.5 Å². The Morgan fingerprint density at radius 2 is 2.20 bits per heavy atom. The molecule has 2 nitrogen and oxygen atoms in total. The smallest absolute Gasteiger partial charge is 0.0924 e. The normalized spacial score (nSPS) is 13.3. The number of imidazole rings is 1. The summed E-state index contributed by atoms with van der Waals surface area (Å²) in [7, 11) is 0. The summed E-state index contributed by atoms with van der Waals surface area (Å²) in [6.45, 7) is 10.1. The molecule has 0 aliphatic heterocycles. The van der Waals surface area contributed by atoms with E-state index < -0.39 is 0 Å². The number of aromatic nitrogens is 2. The van der Waals surface area contributed by atoms with Gasteiger partial charge in [0, 0.05) is 0 Å². The monoisotopic (exact) mass is 202 g/mol. The molecule has 0 saturated carbocycles. The minimum absolute atomic E-state index is 0.472. The van der Waals surface area contributed by atoms with Crippen LogP contribution in [0, 0.1) is 5.92 Å². The Bertz CT molecular complexity index is 367. The summed E-state index contributed by atoms with van der Waals surface area (Å²) in [6.07, 6.45) is 9.60. The average molecular weight is 202 g/mol. The van der Waals surface area contributed by atoms with Gasteiger partial charge in [-0.3, -0.25) is 0 Å². The van der Waals surface area contributed by atoms with Crippen molar-refractivity contribution in [2.24, 2.45) is 5.92 Å². The highest BCUT2D eigenvalue weighted by Crippen LogP contribution is 2.20. The molecule has 80 valence electrons. The molecule has 0 unspecified atom stereocenters. The Kier molecular flexibility index (Phi) is 4.10. The lowest BCUT2D eigenvalue weighted by molar-refractivity contribution is 0.850. The number of aromatic amines is 1. The molecule has 1 N–H and O–H groups in total.